The van der Waals surface area contributed by atoms with Gasteiger partial charge in [0.1, 0.15) is 6.10 Å². The van der Waals surface area contributed by atoms with Gasteiger partial charge in [-0.25, -0.2) is 9.97 Å². The molecule has 1 aromatic heterocycles. The maximum Gasteiger partial charge on any atom is 0.252 e. The number of hydrogen-bond acceptors (Lipinski definition) is 6. The maximum atomic E-state index is 9.72. The van der Waals surface area contributed by atoms with Crippen molar-refractivity contribution >= 4 is 11.6 Å². The highest BCUT2D eigenvalue weighted by Crippen LogP contribution is 2.28. The van der Waals surface area contributed by atoms with Crippen molar-refractivity contribution in [2.24, 2.45) is 0 Å². The Hall–Kier alpha value is -0.950. The molecule has 1 unspecified atom stereocenters. The molecule has 0 aromatic carbocycles. The van der Waals surface area contributed by atoms with E-state index in [1.807, 2.05) is 20.8 Å². The third-order valence-corrected chi connectivity index (χ3v) is 3.10. The molecule has 0 bridgehead atoms. The fraction of sp³-hybridized carbons (Fsp3) is 0.692. The Labute approximate surface area is 123 Å². The second-order valence-electron chi connectivity index (χ2n) is 5.81. The van der Waals surface area contributed by atoms with E-state index in [9.17, 15) is 5.11 Å². The number of aliphatic hydroxyl groups is 1. The number of halogens is 1. The van der Waals surface area contributed by atoms with Gasteiger partial charge >= 0.3 is 0 Å². The van der Waals surface area contributed by atoms with Crippen LogP contribution in [0.15, 0.2) is 12.4 Å². The number of rotatable bonds is 5. The monoisotopic (exact) mass is 301 g/mol. The van der Waals surface area contributed by atoms with Crippen LogP contribution in [-0.4, -0.2) is 39.2 Å². The molecule has 20 heavy (non-hydrogen) atoms. The van der Waals surface area contributed by atoms with Crippen molar-refractivity contribution in [2.75, 3.05) is 0 Å². The predicted octanol–water partition coefficient (Wildman–Crippen LogP) is 1.72. The maximum absolute atomic E-state index is 9.72. The van der Waals surface area contributed by atoms with Crippen LogP contribution in [0.4, 0.5) is 0 Å². The van der Waals surface area contributed by atoms with Crippen LogP contribution in [0.25, 0.3) is 0 Å². The molecule has 1 aliphatic carbocycles. The lowest BCUT2D eigenvalue weighted by Crippen LogP contribution is -2.52. The zero-order chi connectivity index (χ0) is 14.8. The molecule has 0 amide bonds. The smallest absolute Gasteiger partial charge is 0.252 e. The lowest BCUT2D eigenvalue weighted by Gasteiger charge is -2.37. The Kier molecular flexibility index (Phi) is 4.80. The van der Waals surface area contributed by atoms with Crippen LogP contribution in [0.1, 0.15) is 33.6 Å². The fourth-order valence-corrected chi connectivity index (χ4v) is 2.06. The minimum Gasteiger partial charge on any atom is -0.472 e. The highest BCUT2D eigenvalue weighted by atomic mass is 35.5. The Morgan fingerprint density at radius 1 is 1.35 bits per heavy atom. The van der Waals surface area contributed by atoms with Gasteiger partial charge in [-0.15, -0.1) is 0 Å². The summed E-state index contributed by atoms with van der Waals surface area (Å²) in [5, 5.41) is 13.0. The zero-order valence-electron chi connectivity index (χ0n) is 11.8. The molecule has 112 valence electrons. The van der Waals surface area contributed by atoms with E-state index in [0.717, 1.165) is 12.8 Å². The zero-order valence-corrected chi connectivity index (χ0v) is 12.6. The van der Waals surface area contributed by atoms with E-state index in [1.165, 1.54) is 12.4 Å². The van der Waals surface area contributed by atoms with Crippen molar-refractivity contribution in [3.05, 3.63) is 17.5 Å². The first-order chi connectivity index (χ1) is 9.33. The topological polar surface area (TPSA) is 76.5 Å². The molecule has 0 aliphatic heterocycles. The summed E-state index contributed by atoms with van der Waals surface area (Å²) in [6.07, 6.45) is 3.64. The van der Waals surface area contributed by atoms with E-state index in [1.54, 1.807) is 0 Å². The summed E-state index contributed by atoms with van der Waals surface area (Å²) in [6, 6.07) is 0.160. The van der Waals surface area contributed by atoms with Crippen molar-refractivity contribution in [1.82, 2.24) is 15.3 Å². The van der Waals surface area contributed by atoms with E-state index < -0.39 is 6.41 Å². The van der Waals surface area contributed by atoms with E-state index >= 15 is 0 Å². The van der Waals surface area contributed by atoms with Gasteiger partial charge < -0.3 is 14.6 Å². The van der Waals surface area contributed by atoms with Gasteiger partial charge in [-0.3, -0.25) is 5.32 Å². The summed E-state index contributed by atoms with van der Waals surface area (Å²) in [7, 11) is 0. The molecule has 1 aromatic rings. The minimum absolute atomic E-state index is 0.0311. The van der Waals surface area contributed by atoms with Gasteiger partial charge in [-0.2, -0.15) is 0 Å². The van der Waals surface area contributed by atoms with E-state index in [4.69, 9.17) is 21.1 Å². The molecular formula is C13H20ClN3O3. The molecule has 2 rings (SSSR count). The second-order valence-corrected chi connectivity index (χ2v) is 6.17. The third-order valence-electron chi connectivity index (χ3n) is 2.84. The molecule has 1 saturated carbocycles. The first-order valence-corrected chi connectivity index (χ1v) is 6.96. The van der Waals surface area contributed by atoms with Crippen LogP contribution >= 0.6 is 11.6 Å². The van der Waals surface area contributed by atoms with Crippen molar-refractivity contribution in [1.29, 1.82) is 0 Å². The molecule has 2 N–H and O–H groups in total. The second kappa shape index (κ2) is 6.22. The summed E-state index contributed by atoms with van der Waals surface area (Å²) < 4.78 is 11.0. The van der Waals surface area contributed by atoms with Crippen LogP contribution in [0.2, 0.25) is 5.15 Å². The van der Waals surface area contributed by atoms with Gasteiger partial charge in [0, 0.05) is 31.3 Å². The molecule has 1 fully saturated rings. The Morgan fingerprint density at radius 2 is 2.00 bits per heavy atom. The van der Waals surface area contributed by atoms with Crippen LogP contribution in [0.5, 0.6) is 5.88 Å². The number of nitrogens with one attached hydrogen (secondary N) is 1. The summed E-state index contributed by atoms with van der Waals surface area (Å²) in [6.45, 7) is 5.67. The van der Waals surface area contributed by atoms with Crippen LogP contribution in [0.3, 0.4) is 0 Å². The van der Waals surface area contributed by atoms with E-state index in [-0.39, 0.29) is 22.9 Å². The molecular weight excluding hydrogens is 282 g/mol. The summed E-state index contributed by atoms with van der Waals surface area (Å²) in [4.78, 5) is 7.92. The molecule has 0 radical (unpaired) electrons. The number of aromatic nitrogens is 2. The summed E-state index contributed by atoms with van der Waals surface area (Å²) >= 11 is 5.87. The van der Waals surface area contributed by atoms with Gasteiger partial charge in [0.15, 0.2) is 5.15 Å². The average molecular weight is 302 g/mol. The Bertz CT molecular complexity index is 447. The lowest BCUT2D eigenvalue weighted by atomic mass is 9.89. The van der Waals surface area contributed by atoms with Crippen molar-refractivity contribution < 1.29 is 14.6 Å². The molecule has 0 spiro atoms. The molecule has 6 nitrogen and oxygen atoms in total. The van der Waals surface area contributed by atoms with Gasteiger partial charge in [0.2, 0.25) is 6.41 Å². The van der Waals surface area contributed by atoms with Crippen molar-refractivity contribution in [3.63, 3.8) is 0 Å². The van der Waals surface area contributed by atoms with Gasteiger partial charge in [-0.1, -0.05) is 11.6 Å². The average Bonchev–Trinajstić information content (AvgIpc) is 2.26. The SMILES string of the molecule is CC(C)(C)OC(O)NC1CC(Oc2nccnc2Cl)C1. The molecule has 7 heteroatoms. The van der Waals surface area contributed by atoms with Crippen molar-refractivity contribution in [3.8, 4) is 5.88 Å². The van der Waals surface area contributed by atoms with Crippen LogP contribution in [0, 0.1) is 0 Å². The molecule has 1 heterocycles. The number of nitrogens with zero attached hydrogens (tertiary/aromatic N) is 2. The first kappa shape index (κ1) is 15.4. The summed E-state index contributed by atoms with van der Waals surface area (Å²) in [5.41, 5.74) is -0.390. The van der Waals surface area contributed by atoms with Crippen LogP contribution in [-0.2, 0) is 4.74 Å². The van der Waals surface area contributed by atoms with Crippen molar-refractivity contribution in [2.45, 2.75) is 57.8 Å². The quantitative estimate of drug-likeness (QED) is 0.807. The number of ether oxygens (including phenoxy) is 2. The molecule has 1 atom stereocenters. The minimum atomic E-state index is -0.971. The van der Waals surface area contributed by atoms with Gasteiger partial charge in [0.25, 0.3) is 5.88 Å². The Balaban J connectivity index is 1.71. The lowest BCUT2D eigenvalue weighted by molar-refractivity contribution is -0.190. The third kappa shape index (κ3) is 4.56. The highest BCUT2D eigenvalue weighted by molar-refractivity contribution is 6.30. The van der Waals surface area contributed by atoms with Gasteiger partial charge in [-0.05, 0) is 20.8 Å². The standard InChI is InChI=1S/C13H20ClN3O3/c1-13(2,3)20-12(18)17-8-6-9(7-8)19-11-10(14)15-4-5-16-11/h4-5,8-9,12,17-18H,6-7H2,1-3H3. The first-order valence-electron chi connectivity index (χ1n) is 6.58. The fourth-order valence-electron chi connectivity index (χ4n) is 1.91. The normalized spacial score (nSPS) is 24.1. The van der Waals surface area contributed by atoms with E-state index in [2.05, 4.69) is 15.3 Å². The number of aliphatic hydroxyl groups excluding tert-OH is 1. The van der Waals surface area contributed by atoms with E-state index in [0.29, 0.717) is 5.88 Å². The molecule has 0 saturated heterocycles. The number of hydrogen-bond donors (Lipinski definition) is 2. The predicted molar refractivity (Wildman–Crippen MR) is 74.5 cm³/mol. The highest BCUT2D eigenvalue weighted by Gasteiger charge is 2.33. The summed E-state index contributed by atoms with van der Waals surface area (Å²) in [5.74, 6) is 0.351. The van der Waals surface area contributed by atoms with Gasteiger partial charge in [0.05, 0.1) is 5.60 Å². The molecule has 1 aliphatic rings. The van der Waals surface area contributed by atoms with Crippen LogP contribution < -0.4 is 10.1 Å². The Morgan fingerprint density at radius 3 is 2.60 bits per heavy atom. The largest absolute Gasteiger partial charge is 0.472 e.